The zero-order valence-corrected chi connectivity index (χ0v) is 13.9. The molecule has 2 heterocycles. The SMILES string of the molecule is Cc1ccc(N/C=C(/C#N)C(=O)N(C)C2CCN(C)CC2)cn1. The van der Waals surface area contributed by atoms with Crippen LogP contribution in [0.2, 0.25) is 0 Å². The van der Waals surface area contributed by atoms with Crippen molar-refractivity contribution in [1.29, 1.82) is 5.26 Å². The second-order valence-electron chi connectivity index (χ2n) is 5.95. The summed E-state index contributed by atoms with van der Waals surface area (Å²) in [5.41, 5.74) is 1.77. The molecule has 122 valence electrons. The molecular weight excluding hydrogens is 290 g/mol. The zero-order valence-electron chi connectivity index (χ0n) is 13.9. The van der Waals surface area contributed by atoms with Gasteiger partial charge in [0.2, 0.25) is 0 Å². The number of hydrogen-bond donors (Lipinski definition) is 1. The fourth-order valence-corrected chi connectivity index (χ4v) is 2.59. The average molecular weight is 313 g/mol. The lowest BCUT2D eigenvalue weighted by atomic mass is 10.0. The van der Waals surface area contributed by atoms with E-state index < -0.39 is 0 Å². The van der Waals surface area contributed by atoms with Gasteiger partial charge in [-0.2, -0.15) is 5.26 Å². The Hall–Kier alpha value is -2.39. The van der Waals surface area contributed by atoms with Crippen molar-refractivity contribution in [2.45, 2.75) is 25.8 Å². The van der Waals surface area contributed by atoms with E-state index in [0.717, 1.165) is 37.3 Å². The first-order valence-corrected chi connectivity index (χ1v) is 7.76. The first-order chi connectivity index (χ1) is 11.0. The predicted molar refractivity (Wildman–Crippen MR) is 89.6 cm³/mol. The maximum atomic E-state index is 12.5. The third-order valence-electron chi connectivity index (χ3n) is 4.20. The minimum atomic E-state index is -0.241. The lowest BCUT2D eigenvalue weighted by Crippen LogP contribution is -2.44. The van der Waals surface area contributed by atoms with Gasteiger partial charge in [-0.25, -0.2) is 0 Å². The summed E-state index contributed by atoms with van der Waals surface area (Å²) >= 11 is 0. The Morgan fingerprint density at radius 3 is 2.74 bits per heavy atom. The Bertz CT molecular complexity index is 609. The number of likely N-dealkylation sites (tertiary alicyclic amines) is 1. The molecule has 1 N–H and O–H groups in total. The predicted octanol–water partition coefficient (Wildman–Crippen LogP) is 1.76. The number of hydrogen-bond acceptors (Lipinski definition) is 5. The summed E-state index contributed by atoms with van der Waals surface area (Å²) < 4.78 is 0. The molecule has 1 amide bonds. The van der Waals surface area contributed by atoms with Gasteiger partial charge in [-0.05, 0) is 52.0 Å². The van der Waals surface area contributed by atoms with Crippen LogP contribution in [0.3, 0.4) is 0 Å². The van der Waals surface area contributed by atoms with Crippen molar-refractivity contribution < 1.29 is 4.79 Å². The molecule has 0 saturated carbocycles. The number of aromatic nitrogens is 1. The van der Waals surface area contributed by atoms with E-state index in [0.29, 0.717) is 0 Å². The second-order valence-corrected chi connectivity index (χ2v) is 5.95. The van der Waals surface area contributed by atoms with Gasteiger partial charge in [0, 0.05) is 25.0 Å². The molecular formula is C17H23N5O. The van der Waals surface area contributed by atoms with Gasteiger partial charge in [-0.3, -0.25) is 9.78 Å². The Morgan fingerprint density at radius 2 is 2.17 bits per heavy atom. The summed E-state index contributed by atoms with van der Waals surface area (Å²) in [6.45, 7) is 3.85. The van der Waals surface area contributed by atoms with Crippen molar-refractivity contribution in [2.75, 3.05) is 32.5 Å². The van der Waals surface area contributed by atoms with Crippen molar-refractivity contribution in [3.63, 3.8) is 0 Å². The van der Waals surface area contributed by atoms with Crippen LogP contribution in [0.15, 0.2) is 30.1 Å². The number of nitrogens with one attached hydrogen (secondary N) is 1. The second kappa shape index (κ2) is 7.75. The van der Waals surface area contributed by atoms with Crippen LogP contribution in [0.4, 0.5) is 5.69 Å². The molecule has 6 nitrogen and oxygen atoms in total. The molecule has 23 heavy (non-hydrogen) atoms. The maximum absolute atomic E-state index is 12.5. The van der Waals surface area contributed by atoms with Gasteiger partial charge < -0.3 is 15.1 Å². The van der Waals surface area contributed by atoms with E-state index in [1.54, 1.807) is 18.1 Å². The third-order valence-corrected chi connectivity index (χ3v) is 4.20. The fraction of sp³-hybridized carbons (Fsp3) is 0.471. The summed E-state index contributed by atoms with van der Waals surface area (Å²) in [5.74, 6) is -0.241. The number of rotatable bonds is 4. The lowest BCUT2D eigenvalue weighted by Gasteiger charge is -2.34. The Labute approximate surface area is 137 Å². The normalized spacial score (nSPS) is 16.7. The highest BCUT2D eigenvalue weighted by atomic mass is 16.2. The summed E-state index contributed by atoms with van der Waals surface area (Å²) in [4.78, 5) is 20.6. The summed E-state index contributed by atoms with van der Waals surface area (Å²) in [6.07, 6.45) is 5.01. The highest BCUT2D eigenvalue weighted by Crippen LogP contribution is 2.16. The molecule has 0 radical (unpaired) electrons. The monoisotopic (exact) mass is 313 g/mol. The highest BCUT2D eigenvalue weighted by molar-refractivity contribution is 5.97. The highest BCUT2D eigenvalue weighted by Gasteiger charge is 2.25. The number of nitriles is 1. The number of pyridine rings is 1. The molecule has 1 fully saturated rings. The number of likely N-dealkylation sites (N-methyl/N-ethyl adjacent to an activating group) is 1. The van der Waals surface area contributed by atoms with Crippen LogP contribution in [0.25, 0.3) is 0 Å². The minimum Gasteiger partial charge on any atom is -0.359 e. The number of carbonyl (C=O) groups excluding carboxylic acids is 1. The standard InChI is InChI=1S/C17H23N5O/c1-13-4-5-15(12-19-13)20-11-14(10-18)17(23)22(3)16-6-8-21(2)9-7-16/h4-5,11-12,16,20H,6-9H2,1-3H3/b14-11-. The van der Waals surface area contributed by atoms with Crippen LogP contribution < -0.4 is 5.32 Å². The van der Waals surface area contributed by atoms with E-state index in [1.807, 2.05) is 25.1 Å². The smallest absolute Gasteiger partial charge is 0.266 e. The third kappa shape index (κ3) is 4.54. The average Bonchev–Trinajstić information content (AvgIpc) is 2.57. The summed E-state index contributed by atoms with van der Waals surface area (Å²) in [7, 11) is 3.86. The maximum Gasteiger partial charge on any atom is 0.266 e. The van der Waals surface area contributed by atoms with Gasteiger partial charge in [0.15, 0.2) is 0 Å². The minimum absolute atomic E-state index is 0.104. The summed E-state index contributed by atoms with van der Waals surface area (Å²) in [6, 6.07) is 5.91. The quantitative estimate of drug-likeness (QED) is 0.677. The fourth-order valence-electron chi connectivity index (χ4n) is 2.59. The van der Waals surface area contributed by atoms with Crippen molar-refractivity contribution in [3.05, 3.63) is 35.8 Å². The van der Waals surface area contributed by atoms with Crippen LogP contribution in [-0.4, -0.2) is 53.9 Å². The van der Waals surface area contributed by atoms with Crippen molar-refractivity contribution in [3.8, 4) is 6.07 Å². The molecule has 1 aliphatic heterocycles. The number of anilines is 1. The molecule has 1 saturated heterocycles. The largest absolute Gasteiger partial charge is 0.359 e. The number of aryl methyl sites for hydroxylation is 1. The number of carbonyl (C=O) groups is 1. The van der Waals surface area contributed by atoms with Gasteiger partial charge in [0.25, 0.3) is 5.91 Å². The van der Waals surface area contributed by atoms with E-state index in [9.17, 15) is 10.1 Å². The molecule has 0 aliphatic carbocycles. The number of amides is 1. The first kappa shape index (κ1) is 17.0. The molecule has 0 aromatic carbocycles. The van der Waals surface area contributed by atoms with Crippen LogP contribution in [0.5, 0.6) is 0 Å². The Kier molecular flexibility index (Phi) is 5.72. The number of nitrogens with zero attached hydrogens (tertiary/aromatic N) is 4. The molecule has 0 atom stereocenters. The van der Waals surface area contributed by atoms with E-state index in [1.165, 1.54) is 6.20 Å². The first-order valence-electron chi connectivity index (χ1n) is 7.76. The van der Waals surface area contributed by atoms with Gasteiger partial charge in [0.1, 0.15) is 11.6 Å². The van der Waals surface area contributed by atoms with Crippen LogP contribution >= 0.6 is 0 Å². The molecule has 1 aromatic rings. The molecule has 0 unspecified atom stereocenters. The molecule has 6 heteroatoms. The zero-order chi connectivity index (χ0) is 16.8. The molecule has 1 aromatic heterocycles. The lowest BCUT2D eigenvalue weighted by molar-refractivity contribution is -0.128. The van der Waals surface area contributed by atoms with Crippen LogP contribution in [0.1, 0.15) is 18.5 Å². The van der Waals surface area contributed by atoms with Crippen LogP contribution in [0, 0.1) is 18.3 Å². The van der Waals surface area contributed by atoms with Crippen LogP contribution in [-0.2, 0) is 4.79 Å². The van der Waals surface area contributed by atoms with E-state index in [-0.39, 0.29) is 17.5 Å². The molecule has 2 rings (SSSR count). The molecule has 0 bridgehead atoms. The molecule has 1 aliphatic rings. The van der Waals surface area contributed by atoms with E-state index >= 15 is 0 Å². The van der Waals surface area contributed by atoms with Gasteiger partial charge in [-0.15, -0.1) is 0 Å². The Morgan fingerprint density at radius 1 is 1.48 bits per heavy atom. The Balaban J connectivity index is 2.01. The number of piperidine rings is 1. The van der Waals surface area contributed by atoms with E-state index in [2.05, 4.69) is 22.2 Å². The van der Waals surface area contributed by atoms with Crippen molar-refractivity contribution >= 4 is 11.6 Å². The van der Waals surface area contributed by atoms with Crippen molar-refractivity contribution in [2.24, 2.45) is 0 Å². The van der Waals surface area contributed by atoms with Gasteiger partial charge >= 0.3 is 0 Å². The molecule has 0 spiro atoms. The van der Waals surface area contributed by atoms with Gasteiger partial charge in [0.05, 0.1) is 11.9 Å². The van der Waals surface area contributed by atoms with E-state index in [4.69, 9.17) is 0 Å². The summed E-state index contributed by atoms with van der Waals surface area (Å²) in [5, 5.41) is 12.2. The van der Waals surface area contributed by atoms with Crippen molar-refractivity contribution in [1.82, 2.24) is 14.8 Å². The van der Waals surface area contributed by atoms with Gasteiger partial charge in [-0.1, -0.05) is 0 Å². The topological polar surface area (TPSA) is 72.3 Å².